The van der Waals surface area contributed by atoms with Crippen LogP contribution < -0.4 is 0 Å². The quantitative estimate of drug-likeness (QED) is 0.556. The molecule has 10 heavy (non-hydrogen) atoms. The van der Waals surface area contributed by atoms with Crippen LogP contribution in [0.25, 0.3) is 0 Å². The Kier molecular flexibility index (Phi) is 18.4. The van der Waals surface area contributed by atoms with Crippen molar-refractivity contribution in [1.29, 1.82) is 0 Å². The number of hydrogen-bond donors (Lipinski definition) is 0. The van der Waals surface area contributed by atoms with Crippen LogP contribution in [-0.2, 0) is 70.2 Å². The van der Waals surface area contributed by atoms with Crippen molar-refractivity contribution in [3.63, 3.8) is 0 Å². The first-order chi connectivity index (χ1) is 3.72. The minimum Gasteiger partial charge on any atom is -0.444 e. The molecule has 0 aromatic heterocycles. The predicted octanol–water partition coefficient (Wildman–Crippen LogP) is 1.54. The largest absolute Gasteiger partial charge is 0.444 e. The Labute approximate surface area is 113 Å². The maximum Gasteiger partial charge on any atom is 0 e. The standard InChI is InChI=1S/C7H10O.2Y/c1-4-7(5-2)6(3)8;;/h4H,1-3H3;;/q-2;;. The van der Waals surface area contributed by atoms with Gasteiger partial charge in [0.05, 0.1) is 0 Å². The number of allylic oxidation sites excluding steroid dienone is 2. The molecule has 3 heteroatoms. The van der Waals surface area contributed by atoms with Crippen molar-refractivity contribution in [2.45, 2.75) is 20.8 Å². The molecule has 0 bridgehead atoms. The van der Waals surface area contributed by atoms with Crippen LogP contribution in [0.3, 0.4) is 0 Å². The summed E-state index contributed by atoms with van der Waals surface area (Å²) in [5.41, 5.74) is 0.671. The normalized spacial score (nSPS) is 8.90. The molecule has 0 unspecified atom stereocenters. The fourth-order valence-electron chi connectivity index (χ4n) is 0.524. The van der Waals surface area contributed by atoms with Crippen molar-refractivity contribution in [3.05, 3.63) is 18.1 Å². The molecule has 0 aliphatic heterocycles. The molecule has 0 N–H and O–H groups in total. The maximum absolute atomic E-state index is 10.5. The number of ketones is 1. The third-order valence-corrected chi connectivity index (χ3v) is 0.937. The molecule has 52 valence electrons. The Bertz CT molecular complexity index is 119. The van der Waals surface area contributed by atoms with E-state index >= 15 is 0 Å². The Hall–Kier alpha value is 1.49. The smallest absolute Gasteiger partial charge is 0 e. The van der Waals surface area contributed by atoms with E-state index in [0.29, 0.717) is 5.57 Å². The van der Waals surface area contributed by atoms with Gasteiger partial charge in [0.25, 0.3) is 0 Å². The van der Waals surface area contributed by atoms with Crippen LogP contribution >= 0.6 is 0 Å². The fourth-order valence-corrected chi connectivity index (χ4v) is 0.524. The van der Waals surface area contributed by atoms with Gasteiger partial charge < -0.3 is 22.9 Å². The monoisotopic (exact) mass is 288 g/mol. The second-order valence-corrected chi connectivity index (χ2v) is 1.51. The Morgan fingerprint density at radius 3 is 1.80 bits per heavy atom. The number of Topliss-reactive ketones (excluding diaryl/α,β-unsaturated/α-hetero) is 1. The molecule has 0 aliphatic rings. The summed E-state index contributed by atoms with van der Waals surface area (Å²) in [6.07, 6.45) is 4.52. The van der Waals surface area contributed by atoms with E-state index in [4.69, 9.17) is 0 Å². The van der Waals surface area contributed by atoms with Crippen LogP contribution in [0, 0.1) is 12.5 Å². The van der Waals surface area contributed by atoms with Crippen LogP contribution in [0.2, 0.25) is 0 Å². The minimum atomic E-state index is 0. The first-order valence-electron chi connectivity index (χ1n) is 2.57. The molecule has 0 fully saturated rings. The molecule has 0 saturated heterocycles. The van der Waals surface area contributed by atoms with Gasteiger partial charge in [-0.2, -0.15) is 6.92 Å². The van der Waals surface area contributed by atoms with Crippen molar-refractivity contribution in [2.24, 2.45) is 0 Å². The van der Waals surface area contributed by atoms with Gasteiger partial charge in [-0.25, -0.2) is 0 Å². The first-order valence-corrected chi connectivity index (χ1v) is 2.57. The summed E-state index contributed by atoms with van der Waals surface area (Å²) in [5.74, 6) is 0.0787. The van der Waals surface area contributed by atoms with E-state index in [-0.39, 0.29) is 71.2 Å². The number of carbonyl (C=O) groups is 1. The molecule has 0 rings (SSSR count). The van der Waals surface area contributed by atoms with Crippen molar-refractivity contribution in [2.75, 3.05) is 0 Å². The predicted molar refractivity (Wildman–Crippen MR) is 33.1 cm³/mol. The Morgan fingerprint density at radius 1 is 1.40 bits per heavy atom. The van der Waals surface area contributed by atoms with Crippen molar-refractivity contribution < 1.29 is 70.2 Å². The molecule has 0 aromatic rings. The third kappa shape index (κ3) is 7.59. The van der Waals surface area contributed by atoms with Crippen LogP contribution in [0.1, 0.15) is 20.8 Å². The van der Waals surface area contributed by atoms with Gasteiger partial charge in [-0.1, -0.05) is 12.7 Å². The average Bonchev–Trinajstić information content (AvgIpc) is 1.69. The van der Waals surface area contributed by atoms with Crippen LogP contribution in [0.15, 0.2) is 5.57 Å². The minimum absolute atomic E-state index is 0. The summed E-state index contributed by atoms with van der Waals surface area (Å²) in [5, 5.41) is 0. The van der Waals surface area contributed by atoms with E-state index in [0.717, 1.165) is 0 Å². The average molecular weight is 288 g/mol. The number of hydrogen-bond acceptors (Lipinski definition) is 1. The third-order valence-electron chi connectivity index (χ3n) is 0.937. The molecule has 0 aliphatic carbocycles. The summed E-state index contributed by atoms with van der Waals surface area (Å²) in [6, 6.07) is 0. The van der Waals surface area contributed by atoms with E-state index in [9.17, 15) is 4.79 Å². The molecule has 0 amide bonds. The van der Waals surface area contributed by atoms with E-state index in [1.165, 1.54) is 6.92 Å². The van der Waals surface area contributed by atoms with E-state index in [1.54, 1.807) is 13.3 Å². The SMILES string of the molecule is C[C-]=C([CH-]C)C(C)=O.[Y].[Y]. The van der Waals surface area contributed by atoms with Gasteiger partial charge in [-0.3, -0.25) is 0 Å². The van der Waals surface area contributed by atoms with Gasteiger partial charge >= 0.3 is 0 Å². The van der Waals surface area contributed by atoms with Gasteiger partial charge in [0.15, 0.2) is 0 Å². The first kappa shape index (κ1) is 17.5. The Morgan fingerprint density at radius 2 is 1.80 bits per heavy atom. The van der Waals surface area contributed by atoms with Crippen LogP contribution in [0.5, 0.6) is 0 Å². The fraction of sp³-hybridized carbons (Fsp3) is 0.429. The van der Waals surface area contributed by atoms with Crippen LogP contribution in [-0.4, -0.2) is 5.78 Å². The van der Waals surface area contributed by atoms with Gasteiger partial charge in [-0.05, 0) is 0 Å². The second-order valence-electron chi connectivity index (χ2n) is 1.51. The molecule has 0 spiro atoms. The summed E-state index contributed by atoms with van der Waals surface area (Å²) < 4.78 is 0. The number of rotatable bonds is 2. The van der Waals surface area contributed by atoms with Crippen molar-refractivity contribution in [1.82, 2.24) is 0 Å². The molecule has 0 saturated carbocycles. The van der Waals surface area contributed by atoms with Crippen molar-refractivity contribution >= 4 is 5.78 Å². The molecule has 0 atom stereocenters. The summed E-state index contributed by atoms with van der Waals surface area (Å²) >= 11 is 0. The Balaban J connectivity index is -0.000000245. The zero-order valence-corrected chi connectivity index (χ0v) is 12.3. The molecular formula is C7H10OY2-2. The van der Waals surface area contributed by atoms with Gasteiger partial charge in [0.2, 0.25) is 0 Å². The molecule has 1 nitrogen and oxygen atoms in total. The van der Waals surface area contributed by atoms with E-state index in [1.807, 2.05) is 6.92 Å². The zero-order chi connectivity index (χ0) is 6.57. The molecule has 2 radical (unpaired) electrons. The summed E-state index contributed by atoms with van der Waals surface area (Å²) in [4.78, 5) is 10.5. The molecule has 0 aromatic carbocycles. The van der Waals surface area contributed by atoms with Gasteiger partial charge in [-0.15, -0.1) is 6.92 Å². The van der Waals surface area contributed by atoms with Gasteiger partial charge in [0.1, 0.15) is 0 Å². The van der Waals surface area contributed by atoms with E-state index < -0.39 is 0 Å². The van der Waals surface area contributed by atoms with Crippen molar-refractivity contribution in [3.8, 4) is 0 Å². The van der Waals surface area contributed by atoms with E-state index in [2.05, 4.69) is 6.08 Å². The second kappa shape index (κ2) is 10.5. The van der Waals surface area contributed by atoms with Gasteiger partial charge in [0, 0.05) is 65.4 Å². The molecular weight excluding hydrogens is 278 g/mol. The summed E-state index contributed by atoms with van der Waals surface area (Å²) in [6.45, 7) is 5.09. The van der Waals surface area contributed by atoms with Crippen LogP contribution in [0.4, 0.5) is 0 Å². The number of carbonyl (C=O) groups excluding carboxylic acids is 1. The topological polar surface area (TPSA) is 17.1 Å². The maximum atomic E-state index is 10.5. The molecule has 0 heterocycles. The summed E-state index contributed by atoms with van der Waals surface area (Å²) in [7, 11) is 0. The zero-order valence-electron chi connectivity index (χ0n) is 6.64.